The Hall–Kier alpha value is -2.30. The van der Waals surface area contributed by atoms with Gasteiger partial charge in [0.25, 0.3) is 0 Å². The molecule has 0 radical (unpaired) electrons. The van der Waals surface area contributed by atoms with Gasteiger partial charge in [0.15, 0.2) is 0 Å². The monoisotopic (exact) mass is 273 g/mol. The third-order valence-corrected chi connectivity index (χ3v) is 3.19. The fourth-order valence-corrected chi connectivity index (χ4v) is 1.96. The number of benzene rings is 1. The number of anilines is 2. The Morgan fingerprint density at radius 2 is 1.90 bits per heavy atom. The van der Waals surface area contributed by atoms with E-state index in [2.05, 4.69) is 10.5 Å². The highest BCUT2D eigenvalue weighted by Gasteiger charge is 2.13. The van der Waals surface area contributed by atoms with Gasteiger partial charge in [-0.15, -0.1) is 0 Å². The third-order valence-electron chi connectivity index (χ3n) is 3.19. The van der Waals surface area contributed by atoms with Crippen molar-refractivity contribution in [2.75, 3.05) is 24.3 Å². The summed E-state index contributed by atoms with van der Waals surface area (Å²) in [5, 5.41) is 6.72. The van der Waals surface area contributed by atoms with E-state index in [-0.39, 0.29) is 12.3 Å². The van der Waals surface area contributed by atoms with Crippen molar-refractivity contribution in [3.05, 3.63) is 41.3 Å². The second-order valence-electron chi connectivity index (χ2n) is 4.97. The zero-order valence-corrected chi connectivity index (χ0v) is 12.2. The molecule has 5 nitrogen and oxygen atoms in total. The number of carbonyl (C=O) groups excluding carboxylic acids is 1. The third kappa shape index (κ3) is 3.17. The minimum Gasteiger partial charge on any atom is -0.378 e. The van der Waals surface area contributed by atoms with Gasteiger partial charge in [0.2, 0.25) is 5.91 Å². The summed E-state index contributed by atoms with van der Waals surface area (Å²) in [6, 6.07) is 7.71. The van der Waals surface area contributed by atoms with Crippen molar-refractivity contribution >= 4 is 17.3 Å². The molecule has 0 aliphatic carbocycles. The van der Waals surface area contributed by atoms with Crippen LogP contribution in [0.25, 0.3) is 0 Å². The lowest BCUT2D eigenvalue weighted by Crippen LogP contribution is -2.15. The van der Waals surface area contributed by atoms with Crippen LogP contribution in [0.2, 0.25) is 0 Å². The molecule has 0 fully saturated rings. The lowest BCUT2D eigenvalue weighted by atomic mass is 10.1. The van der Waals surface area contributed by atoms with E-state index in [9.17, 15) is 4.79 Å². The molecule has 1 heterocycles. The van der Waals surface area contributed by atoms with E-state index in [0.717, 1.165) is 22.6 Å². The van der Waals surface area contributed by atoms with E-state index in [0.29, 0.717) is 5.76 Å². The Labute approximate surface area is 118 Å². The summed E-state index contributed by atoms with van der Waals surface area (Å²) in [5.74, 6) is 0.623. The predicted molar refractivity (Wildman–Crippen MR) is 79.1 cm³/mol. The highest BCUT2D eigenvalue weighted by atomic mass is 16.5. The largest absolute Gasteiger partial charge is 0.378 e. The highest BCUT2D eigenvalue weighted by molar-refractivity contribution is 5.92. The van der Waals surface area contributed by atoms with Gasteiger partial charge in [-0.2, -0.15) is 0 Å². The summed E-state index contributed by atoms with van der Waals surface area (Å²) in [7, 11) is 3.95. The SMILES string of the molecule is Cc1noc(C)c1CC(=O)Nc1ccc(N(C)C)cc1. The van der Waals surface area contributed by atoms with Crippen molar-refractivity contribution in [2.45, 2.75) is 20.3 Å². The number of aromatic nitrogens is 1. The van der Waals surface area contributed by atoms with Gasteiger partial charge in [-0.05, 0) is 38.1 Å². The van der Waals surface area contributed by atoms with Crippen LogP contribution in [0.3, 0.4) is 0 Å². The normalized spacial score (nSPS) is 10.4. The molecule has 0 unspecified atom stereocenters. The van der Waals surface area contributed by atoms with E-state index in [1.807, 2.05) is 57.1 Å². The Morgan fingerprint density at radius 1 is 1.25 bits per heavy atom. The number of hydrogen-bond acceptors (Lipinski definition) is 4. The topological polar surface area (TPSA) is 58.4 Å². The van der Waals surface area contributed by atoms with Crippen molar-refractivity contribution in [3.8, 4) is 0 Å². The number of rotatable bonds is 4. The molecule has 0 atom stereocenters. The van der Waals surface area contributed by atoms with Crippen LogP contribution in [0.4, 0.5) is 11.4 Å². The zero-order chi connectivity index (χ0) is 14.7. The molecule has 20 heavy (non-hydrogen) atoms. The molecule has 0 saturated carbocycles. The van der Waals surface area contributed by atoms with Gasteiger partial charge in [-0.1, -0.05) is 5.16 Å². The smallest absolute Gasteiger partial charge is 0.228 e. The summed E-state index contributed by atoms with van der Waals surface area (Å²) in [4.78, 5) is 14.0. The Morgan fingerprint density at radius 3 is 2.40 bits per heavy atom. The molecular formula is C15H19N3O2. The van der Waals surface area contributed by atoms with Gasteiger partial charge < -0.3 is 14.7 Å². The molecule has 2 aromatic rings. The standard InChI is InChI=1S/C15H19N3O2/c1-10-14(11(2)20-17-10)9-15(19)16-12-5-7-13(8-6-12)18(3)4/h5-8H,9H2,1-4H3,(H,16,19). The number of aryl methyl sites for hydroxylation is 2. The van der Waals surface area contributed by atoms with Crippen LogP contribution in [0.15, 0.2) is 28.8 Å². The molecule has 5 heteroatoms. The van der Waals surface area contributed by atoms with Crippen LogP contribution in [0.1, 0.15) is 17.0 Å². The first-order chi connectivity index (χ1) is 9.47. The summed E-state index contributed by atoms with van der Waals surface area (Å²) >= 11 is 0. The van der Waals surface area contributed by atoms with Crippen molar-refractivity contribution < 1.29 is 9.32 Å². The Balaban J connectivity index is 2.01. The quantitative estimate of drug-likeness (QED) is 0.930. The van der Waals surface area contributed by atoms with Gasteiger partial charge in [-0.3, -0.25) is 4.79 Å². The number of amides is 1. The van der Waals surface area contributed by atoms with E-state index >= 15 is 0 Å². The minimum absolute atomic E-state index is 0.0722. The second-order valence-corrected chi connectivity index (χ2v) is 4.97. The number of nitrogens with zero attached hydrogens (tertiary/aromatic N) is 2. The number of nitrogens with one attached hydrogen (secondary N) is 1. The van der Waals surface area contributed by atoms with E-state index < -0.39 is 0 Å². The zero-order valence-electron chi connectivity index (χ0n) is 12.2. The summed E-state index contributed by atoms with van der Waals surface area (Å²) < 4.78 is 5.05. The van der Waals surface area contributed by atoms with Crippen LogP contribution in [0, 0.1) is 13.8 Å². The molecule has 0 aliphatic rings. The van der Waals surface area contributed by atoms with Gasteiger partial charge in [0.1, 0.15) is 5.76 Å². The van der Waals surface area contributed by atoms with Gasteiger partial charge in [0, 0.05) is 31.0 Å². The summed E-state index contributed by atoms with van der Waals surface area (Å²) in [6.07, 6.45) is 0.274. The van der Waals surface area contributed by atoms with E-state index in [1.54, 1.807) is 0 Å². The maximum absolute atomic E-state index is 12.0. The first-order valence-electron chi connectivity index (χ1n) is 6.46. The number of carbonyl (C=O) groups is 1. The molecule has 0 spiro atoms. The minimum atomic E-state index is -0.0722. The fraction of sp³-hybridized carbons (Fsp3) is 0.333. The van der Waals surface area contributed by atoms with Crippen LogP contribution in [-0.2, 0) is 11.2 Å². The average Bonchev–Trinajstić information content (AvgIpc) is 2.71. The molecule has 106 valence electrons. The van der Waals surface area contributed by atoms with Crippen LogP contribution in [-0.4, -0.2) is 25.2 Å². The molecule has 0 saturated heterocycles. The van der Waals surface area contributed by atoms with Crippen LogP contribution in [0.5, 0.6) is 0 Å². The molecule has 1 N–H and O–H groups in total. The fourth-order valence-electron chi connectivity index (χ4n) is 1.96. The Bertz CT molecular complexity index is 581. The molecule has 0 aliphatic heterocycles. The van der Waals surface area contributed by atoms with E-state index in [4.69, 9.17) is 4.52 Å². The van der Waals surface area contributed by atoms with Gasteiger partial charge in [-0.25, -0.2) is 0 Å². The lowest BCUT2D eigenvalue weighted by Gasteiger charge is -2.13. The Kier molecular flexibility index (Phi) is 4.08. The maximum Gasteiger partial charge on any atom is 0.228 e. The first kappa shape index (κ1) is 14.1. The summed E-state index contributed by atoms with van der Waals surface area (Å²) in [6.45, 7) is 3.65. The van der Waals surface area contributed by atoms with Crippen molar-refractivity contribution in [3.63, 3.8) is 0 Å². The van der Waals surface area contributed by atoms with Crippen molar-refractivity contribution in [1.82, 2.24) is 5.16 Å². The molecule has 1 amide bonds. The van der Waals surface area contributed by atoms with Gasteiger partial charge in [0.05, 0.1) is 12.1 Å². The van der Waals surface area contributed by atoms with E-state index in [1.165, 1.54) is 0 Å². The lowest BCUT2D eigenvalue weighted by molar-refractivity contribution is -0.115. The molecule has 1 aromatic heterocycles. The average molecular weight is 273 g/mol. The van der Waals surface area contributed by atoms with Crippen LogP contribution >= 0.6 is 0 Å². The van der Waals surface area contributed by atoms with Crippen molar-refractivity contribution in [2.24, 2.45) is 0 Å². The molecule has 2 rings (SSSR count). The first-order valence-corrected chi connectivity index (χ1v) is 6.46. The highest BCUT2D eigenvalue weighted by Crippen LogP contribution is 2.17. The molecular weight excluding hydrogens is 254 g/mol. The predicted octanol–water partition coefficient (Wildman–Crippen LogP) is 2.54. The maximum atomic E-state index is 12.0. The molecule has 1 aromatic carbocycles. The van der Waals surface area contributed by atoms with Gasteiger partial charge >= 0.3 is 0 Å². The second kappa shape index (κ2) is 5.77. The van der Waals surface area contributed by atoms with Crippen LogP contribution < -0.4 is 10.2 Å². The summed E-state index contributed by atoms with van der Waals surface area (Å²) in [5.41, 5.74) is 3.49. The number of hydrogen-bond donors (Lipinski definition) is 1. The van der Waals surface area contributed by atoms with Crippen molar-refractivity contribution in [1.29, 1.82) is 0 Å². The molecule has 0 bridgehead atoms.